The van der Waals surface area contributed by atoms with Crippen molar-refractivity contribution in [2.45, 2.75) is 0 Å². The van der Waals surface area contributed by atoms with Crippen LogP contribution in [0.25, 0.3) is 33.9 Å². The fraction of sp³-hybridized carbons (Fsp3) is 0. The number of furan rings is 1. The van der Waals surface area contributed by atoms with Crippen LogP contribution in [0.1, 0.15) is 15.9 Å². The topological polar surface area (TPSA) is 105 Å². The third kappa shape index (κ3) is 4.27. The summed E-state index contributed by atoms with van der Waals surface area (Å²) in [6.07, 6.45) is 1.50. The van der Waals surface area contributed by atoms with Crippen LogP contribution in [-0.2, 0) is 0 Å². The van der Waals surface area contributed by atoms with E-state index in [1.54, 1.807) is 36.4 Å². The van der Waals surface area contributed by atoms with E-state index in [1.165, 1.54) is 6.26 Å². The van der Waals surface area contributed by atoms with E-state index in [0.717, 1.165) is 22.3 Å². The van der Waals surface area contributed by atoms with E-state index in [2.05, 4.69) is 21.6 Å². The molecule has 2 aromatic heterocycles. The lowest BCUT2D eigenvalue weighted by molar-refractivity contribution is 0.102. The first kappa shape index (κ1) is 20.0. The van der Waals surface area contributed by atoms with Crippen LogP contribution < -0.4 is 5.32 Å². The number of amides is 1. The van der Waals surface area contributed by atoms with Gasteiger partial charge in [0.2, 0.25) is 0 Å². The molecule has 0 unspecified atom stereocenters. The van der Waals surface area contributed by atoms with Crippen molar-refractivity contribution in [1.29, 1.82) is 5.26 Å². The van der Waals surface area contributed by atoms with E-state index >= 15 is 0 Å². The van der Waals surface area contributed by atoms with Gasteiger partial charge in [0.05, 0.1) is 17.9 Å². The highest BCUT2D eigenvalue weighted by Gasteiger charge is 2.14. The number of anilines is 1. The standard InChI is InChI=1S/C26H16N4O3/c27-16-17-6-8-18(9-7-17)19-10-12-20(13-11-19)21-3-1-4-22(15-21)24(31)28-26-30-29-25(33-26)23-5-2-14-32-23/h1-15H,(H,28,30,31). The van der Waals surface area contributed by atoms with Crippen LogP contribution in [0.2, 0.25) is 0 Å². The average Bonchev–Trinajstić information content (AvgIpc) is 3.57. The van der Waals surface area contributed by atoms with Crippen molar-refractivity contribution >= 4 is 11.9 Å². The molecule has 0 aliphatic rings. The van der Waals surface area contributed by atoms with Crippen LogP contribution >= 0.6 is 0 Å². The van der Waals surface area contributed by atoms with Crippen LogP contribution in [0, 0.1) is 11.3 Å². The Balaban J connectivity index is 1.32. The van der Waals surface area contributed by atoms with Gasteiger partial charge < -0.3 is 8.83 Å². The summed E-state index contributed by atoms with van der Waals surface area (Å²) in [5.74, 6) is 0.251. The number of nitriles is 1. The maximum absolute atomic E-state index is 12.7. The molecule has 0 spiro atoms. The number of nitrogens with one attached hydrogen (secondary N) is 1. The highest BCUT2D eigenvalue weighted by molar-refractivity contribution is 6.03. The summed E-state index contributed by atoms with van der Waals surface area (Å²) in [5.41, 5.74) is 5.03. The monoisotopic (exact) mass is 432 g/mol. The number of hydrogen-bond donors (Lipinski definition) is 1. The maximum Gasteiger partial charge on any atom is 0.322 e. The van der Waals surface area contributed by atoms with E-state index in [4.69, 9.17) is 14.1 Å². The maximum atomic E-state index is 12.7. The molecular formula is C26H16N4O3. The van der Waals surface area contributed by atoms with Crippen molar-refractivity contribution in [2.24, 2.45) is 0 Å². The van der Waals surface area contributed by atoms with Gasteiger partial charge in [-0.2, -0.15) is 5.26 Å². The molecule has 1 amide bonds. The number of benzene rings is 3. The van der Waals surface area contributed by atoms with E-state index in [9.17, 15) is 4.79 Å². The number of carbonyl (C=O) groups excluding carboxylic acids is 1. The van der Waals surface area contributed by atoms with Crippen molar-refractivity contribution in [3.8, 4) is 40.0 Å². The molecule has 0 radical (unpaired) electrons. The normalized spacial score (nSPS) is 10.5. The lowest BCUT2D eigenvalue weighted by atomic mass is 9.98. The molecule has 2 heterocycles. The molecule has 0 saturated heterocycles. The van der Waals surface area contributed by atoms with Gasteiger partial charge >= 0.3 is 6.01 Å². The van der Waals surface area contributed by atoms with Crippen LogP contribution in [0.15, 0.2) is 100 Å². The molecule has 158 valence electrons. The second kappa shape index (κ2) is 8.65. The fourth-order valence-corrected chi connectivity index (χ4v) is 3.38. The van der Waals surface area contributed by atoms with Gasteiger partial charge in [-0.3, -0.25) is 10.1 Å². The molecule has 7 heteroatoms. The zero-order chi connectivity index (χ0) is 22.6. The van der Waals surface area contributed by atoms with Gasteiger partial charge in [0.15, 0.2) is 5.76 Å². The van der Waals surface area contributed by atoms with Crippen LogP contribution in [0.4, 0.5) is 6.01 Å². The largest absolute Gasteiger partial charge is 0.459 e. The number of aromatic nitrogens is 2. The summed E-state index contributed by atoms with van der Waals surface area (Å²) in [6, 6.07) is 28.3. The summed E-state index contributed by atoms with van der Waals surface area (Å²) < 4.78 is 10.7. The Morgan fingerprint density at radius 1 is 0.818 bits per heavy atom. The second-order valence-electron chi connectivity index (χ2n) is 7.19. The van der Waals surface area contributed by atoms with Crippen molar-refractivity contribution in [3.05, 3.63) is 102 Å². The summed E-state index contributed by atoms with van der Waals surface area (Å²) in [6.45, 7) is 0. The van der Waals surface area contributed by atoms with Gasteiger partial charge in [-0.1, -0.05) is 53.6 Å². The molecule has 1 N–H and O–H groups in total. The van der Waals surface area contributed by atoms with Gasteiger partial charge in [0, 0.05) is 5.56 Å². The predicted octanol–water partition coefficient (Wildman–Crippen LogP) is 5.79. The molecule has 0 atom stereocenters. The quantitative estimate of drug-likeness (QED) is 0.377. The number of hydrogen-bond acceptors (Lipinski definition) is 6. The zero-order valence-corrected chi connectivity index (χ0v) is 17.2. The van der Waals surface area contributed by atoms with Gasteiger partial charge in [-0.05, 0) is 58.7 Å². The molecule has 0 saturated carbocycles. The first-order valence-electron chi connectivity index (χ1n) is 10.1. The summed E-state index contributed by atoms with van der Waals surface area (Å²) in [4.78, 5) is 12.7. The Kier molecular flexibility index (Phi) is 5.23. The van der Waals surface area contributed by atoms with Gasteiger partial charge in [-0.15, -0.1) is 5.10 Å². The third-order valence-electron chi connectivity index (χ3n) is 5.07. The predicted molar refractivity (Wildman–Crippen MR) is 122 cm³/mol. The van der Waals surface area contributed by atoms with Crippen molar-refractivity contribution in [1.82, 2.24) is 10.2 Å². The van der Waals surface area contributed by atoms with Crippen LogP contribution in [-0.4, -0.2) is 16.1 Å². The molecular weight excluding hydrogens is 416 g/mol. The zero-order valence-electron chi connectivity index (χ0n) is 17.2. The van der Waals surface area contributed by atoms with Crippen molar-refractivity contribution in [3.63, 3.8) is 0 Å². The van der Waals surface area contributed by atoms with Gasteiger partial charge in [0.25, 0.3) is 11.8 Å². The Labute approximate surface area is 188 Å². The minimum atomic E-state index is -0.360. The summed E-state index contributed by atoms with van der Waals surface area (Å²) in [5, 5.41) is 19.3. The molecule has 5 aromatic rings. The molecule has 3 aromatic carbocycles. The average molecular weight is 432 g/mol. The van der Waals surface area contributed by atoms with Gasteiger partial charge in [-0.25, -0.2) is 0 Å². The van der Waals surface area contributed by atoms with E-state index in [-0.39, 0.29) is 17.8 Å². The third-order valence-corrected chi connectivity index (χ3v) is 5.07. The summed E-state index contributed by atoms with van der Waals surface area (Å²) in [7, 11) is 0. The highest BCUT2D eigenvalue weighted by Crippen LogP contribution is 2.26. The second-order valence-corrected chi connectivity index (χ2v) is 7.19. The Morgan fingerprint density at radius 3 is 2.18 bits per heavy atom. The SMILES string of the molecule is N#Cc1ccc(-c2ccc(-c3cccc(C(=O)Nc4nnc(-c5ccco5)o4)c3)cc2)cc1. The first-order valence-corrected chi connectivity index (χ1v) is 10.1. The summed E-state index contributed by atoms with van der Waals surface area (Å²) >= 11 is 0. The lowest BCUT2D eigenvalue weighted by Gasteiger charge is -2.07. The molecule has 7 nitrogen and oxygen atoms in total. The lowest BCUT2D eigenvalue weighted by Crippen LogP contribution is -2.12. The fourth-order valence-electron chi connectivity index (χ4n) is 3.38. The van der Waals surface area contributed by atoms with E-state index < -0.39 is 0 Å². The van der Waals surface area contributed by atoms with Crippen molar-refractivity contribution < 1.29 is 13.6 Å². The molecule has 33 heavy (non-hydrogen) atoms. The number of rotatable bonds is 5. The Morgan fingerprint density at radius 2 is 1.52 bits per heavy atom. The van der Waals surface area contributed by atoms with E-state index in [0.29, 0.717) is 16.9 Å². The Hall–Kier alpha value is -4.96. The Bertz CT molecular complexity index is 1440. The van der Waals surface area contributed by atoms with Crippen molar-refractivity contribution in [2.75, 3.05) is 5.32 Å². The van der Waals surface area contributed by atoms with Crippen LogP contribution in [0.3, 0.4) is 0 Å². The molecule has 0 fully saturated rings. The number of carbonyl (C=O) groups is 1. The highest BCUT2D eigenvalue weighted by atomic mass is 16.4. The van der Waals surface area contributed by atoms with Gasteiger partial charge in [0.1, 0.15) is 0 Å². The molecule has 0 aliphatic heterocycles. The first-order chi connectivity index (χ1) is 16.2. The minimum Gasteiger partial charge on any atom is -0.459 e. The smallest absolute Gasteiger partial charge is 0.322 e. The number of nitrogens with zero attached hydrogens (tertiary/aromatic N) is 3. The molecule has 0 bridgehead atoms. The molecule has 0 aliphatic carbocycles. The molecule has 5 rings (SSSR count). The minimum absolute atomic E-state index is 0.0106. The van der Waals surface area contributed by atoms with Crippen LogP contribution in [0.5, 0.6) is 0 Å². The van der Waals surface area contributed by atoms with E-state index in [1.807, 2.05) is 48.5 Å².